The molecule has 4 heteroatoms. The molecule has 1 N–H and O–H groups in total. The van der Waals surface area contributed by atoms with Crippen molar-refractivity contribution in [3.63, 3.8) is 0 Å². The van der Waals surface area contributed by atoms with Gasteiger partial charge in [0.1, 0.15) is 5.75 Å². The second-order valence-electron chi connectivity index (χ2n) is 7.26. The second kappa shape index (κ2) is 9.45. The number of carbonyl (C=O) groups excluding carboxylic acids is 1. The van der Waals surface area contributed by atoms with Gasteiger partial charge in [0, 0.05) is 25.8 Å². The van der Waals surface area contributed by atoms with Gasteiger partial charge in [0.15, 0.2) is 6.10 Å². The molecule has 4 nitrogen and oxygen atoms in total. The van der Waals surface area contributed by atoms with Crippen molar-refractivity contribution in [2.45, 2.75) is 45.1 Å². The maximum absolute atomic E-state index is 12.4. The summed E-state index contributed by atoms with van der Waals surface area (Å²) in [6.45, 7) is 3.37. The third-order valence-corrected chi connectivity index (χ3v) is 5.19. The lowest BCUT2D eigenvalue weighted by atomic mass is 9.91. The lowest BCUT2D eigenvalue weighted by Gasteiger charge is -2.22. The van der Waals surface area contributed by atoms with E-state index in [1.807, 2.05) is 37.3 Å². The number of anilines is 1. The number of fused-ring (bicyclic) bond motifs is 1. The molecule has 2 aromatic carbocycles. The molecule has 0 saturated heterocycles. The molecule has 0 heterocycles. The van der Waals surface area contributed by atoms with Gasteiger partial charge in [0.05, 0.1) is 0 Å². The molecule has 0 radical (unpaired) electrons. The van der Waals surface area contributed by atoms with Crippen molar-refractivity contribution in [3.05, 3.63) is 59.7 Å². The molecule has 0 aromatic heterocycles. The van der Waals surface area contributed by atoms with Crippen molar-refractivity contribution in [2.24, 2.45) is 0 Å². The van der Waals surface area contributed by atoms with E-state index >= 15 is 0 Å². The second-order valence-corrected chi connectivity index (χ2v) is 7.26. The number of amides is 1. The fraction of sp³-hybridized carbons (Fsp3) is 0.435. The molecule has 0 unspecified atom stereocenters. The maximum Gasteiger partial charge on any atom is 0.260 e. The Hall–Kier alpha value is -2.49. The Bertz CT molecular complexity index is 745. The average Bonchev–Trinajstić information content (AvgIpc) is 2.71. The van der Waals surface area contributed by atoms with Crippen LogP contribution in [0.25, 0.3) is 0 Å². The van der Waals surface area contributed by atoms with E-state index in [-0.39, 0.29) is 5.91 Å². The SMILES string of the molecule is C[C@@H](Oc1cccc2c1CCCC2)C(=O)NCCCN(C)c1ccccc1. The molecule has 144 valence electrons. The molecule has 0 aliphatic heterocycles. The zero-order chi connectivity index (χ0) is 19.1. The van der Waals surface area contributed by atoms with Gasteiger partial charge in [0.25, 0.3) is 5.91 Å². The van der Waals surface area contributed by atoms with Gasteiger partial charge in [-0.15, -0.1) is 0 Å². The molecular formula is C23H30N2O2. The largest absolute Gasteiger partial charge is 0.481 e. The molecule has 0 spiro atoms. The number of rotatable bonds is 8. The summed E-state index contributed by atoms with van der Waals surface area (Å²) in [6.07, 6.45) is 5.01. The molecule has 1 aliphatic rings. The Morgan fingerprint density at radius 1 is 1.11 bits per heavy atom. The Morgan fingerprint density at radius 2 is 1.89 bits per heavy atom. The first kappa shape index (κ1) is 19.3. The minimum atomic E-state index is -0.481. The third kappa shape index (κ3) is 5.25. The quantitative estimate of drug-likeness (QED) is 0.719. The molecule has 0 fully saturated rings. The summed E-state index contributed by atoms with van der Waals surface area (Å²) in [6, 6.07) is 16.5. The zero-order valence-electron chi connectivity index (χ0n) is 16.4. The predicted molar refractivity (Wildman–Crippen MR) is 111 cm³/mol. The smallest absolute Gasteiger partial charge is 0.260 e. The van der Waals surface area contributed by atoms with Crippen LogP contribution in [0.5, 0.6) is 5.75 Å². The first-order valence-electron chi connectivity index (χ1n) is 9.96. The Labute approximate surface area is 162 Å². The van der Waals surface area contributed by atoms with Crippen molar-refractivity contribution in [2.75, 3.05) is 25.0 Å². The van der Waals surface area contributed by atoms with E-state index in [4.69, 9.17) is 4.74 Å². The number of nitrogens with one attached hydrogen (secondary N) is 1. The number of nitrogens with zero attached hydrogens (tertiary/aromatic N) is 1. The minimum absolute atomic E-state index is 0.0502. The van der Waals surface area contributed by atoms with Crippen LogP contribution in [0, 0.1) is 0 Å². The first-order valence-corrected chi connectivity index (χ1v) is 9.96. The van der Waals surface area contributed by atoms with Crippen LogP contribution in [-0.2, 0) is 17.6 Å². The van der Waals surface area contributed by atoms with Crippen LogP contribution >= 0.6 is 0 Å². The Morgan fingerprint density at radius 3 is 2.70 bits per heavy atom. The predicted octanol–water partition coefficient (Wildman–Crippen LogP) is 3.98. The van der Waals surface area contributed by atoms with Crippen LogP contribution in [0.15, 0.2) is 48.5 Å². The summed E-state index contributed by atoms with van der Waals surface area (Å²) < 4.78 is 6.00. The van der Waals surface area contributed by atoms with E-state index in [1.54, 1.807) is 0 Å². The highest BCUT2D eigenvalue weighted by molar-refractivity contribution is 5.80. The highest BCUT2D eigenvalue weighted by Gasteiger charge is 2.19. The van der Waals surface area contributed by atoms with Crippen LogP contribution in [-0.4, -0.2) is 32.1 Å². The Balaban J connectivity index is 1.43. The van der Waals surface area contributed by atoms with Crippen molar-refractivity contribution < 1.29 is 9.53 Å². The fourth-order valence-electron chi connectivity index (χ4n) is 3.58. The van der Waals surface area contributed by atoms with Gasteiger partial charge >= 0.3 is 0 Å². The van der Waals surface area contributed by atoms with Gasteiger partial charge in [-0.25, -0.2) is 0 Å². The van der Waals surface area contributed by atoms with E-state index in [2.05, 4.69) is 35.5 Å². The monoisotopic (exact) mass is 366 g/mol. The number of aryl methyl sites for hydroxylation is 1. The molecule has 1 aliphatic carbocycles. The number of hydrogen-bond donors (Lipinski definition) is 1. The van der Waals surface area contributed by atoms with Gasteiger partial charge in [-0.3, -0.25) is 4.79 Å². The lowest BCUT2D eigenvalue weighted by molar-refractivity contribution is -0.127. The van der Waals surface area contributed by atoms with Crippen molar-refractivity contribution in [3.8, 4) is 5.75 Å². The Kier molecular flexibility index (Phi) is 6.74. The third-order valence-electron chi connectivity index (χ3n) is 5.19. The van der Waals surface area contributed by atoms with E-state index in [1.165, 1.54) is 29.7 Å². The number of carbonyl (C=O) groups is 1. The molecule has 27 heavy (non-hydrogen) atoms. The zero-order valence-corrected chi connectivity index (χ0v) is 16.4. The highest BCUT2D eigenvalue weighted by Crippen LogP contribution is 2.30. The highest BCUT2D eigenvalue weighted by atomic mass is 16.5. The molecule has 2 aromatic rings. The normalized spacial score (nSPS) is 14.1. The van der Waals surface area contributed by atoms with E-state index in [0.717, 1.165) is 31.6 Å². The summed E-state index contributed by atoms with van der Waals surface area (Å²) in [5.41, 5.74) is 3.84. The lowest BCUT2D eigenvalue weighted by Crippen LogP contribution is -2.38. The van der Waals surface area contributed by atoms with Gasteiger partial charge in [-0.1, -0.05) is 30.3 Å². The maximum atomic E-state index is 12.4. The standard InChI is InChI=1S/C23H30N2O2/c1-18(27-22-15-8-11-19-10-6-7-14-21(19)22)23(26)24-16-9-17-25(2)20-12-4-3-5-13-20/h3-5,8,11-13,15,18H,6-7,9-10,14,16-17H2,1-2H3,(H,24,26)/t18-/m1/s1. The van der Waals surface area contributed by atoms with Crippen molar-refractivity contribution in [1.29, 1.82) is 0 Å². The molecule has 3 rings (SSSR count). The van der Waals surface area contributed by atoms with Crippen LogP contribution in [0.2, 0.25) is 0 Å². The van der Waals surface area contributed by atoms with Gasteiger partial charge in [-0.2, -0.15) is 0 Å². The van der Waals surface area contributed by atoms with Crippen LogP contribution in [0.4, 0.5) is 5.69 Å². The topological polar surface area (TPSA) is 41.6 Å². The van der Waals surface area contributed by atoms with Crippen LogP contribution in [0.1, 0.15) is 37.3 Å². The summed E-state index contributed by atoms with van der Waals surface area (Å²) in [4.78, 5) is 14.6. The van der Waals surface area contributed by atoms with Crippen LogP contribution in [0.3, 0.4) is 0 Å². The summed E-state index contributed by atoms with van der Waals surface area (Å²) in [5, 5.41) is 3.00. The van der Waals surface area contributed by atoms with Crippen molar-refractivity contribution >= 4 is 11.6 Å². The van der Waals surface area contributed by atoms with E-state index < -0.39 is 6.10 Å². The van der Waals surface area contributed by atoms with Crippen molar-refractivity contribution in [1.82, 2.24) is 5.32 Å². The molecule has 1 amide bonds. The number of benzene rings is 2. The first-order chi connectivity index (χ1) is 13.1. The molecular weight excluding hydrogens is 336 g/mol. The fourth-order valence-corrected chi connectivity index (χ4v) is 3.58. The van der Waals surface area contributed by atoms with Gasteiger partial charge in [0.2, 0.25) is 0 Å². The van der Waals surface area contributed by atoms with Gasteiger partial charge in [-0.05, 0) is 68.4 Å². The summed E-state index contributed by atoms with van der Waals surface area (Å²) >= 11 is 0. The summed E-state index contributed by atoms with van der Waals surface area (Å²) in [5.74, 6) is 0.824. The number of ether oxygens (including phenoxy) is 1. The average molecular weight is 367 g/mol. The van der Waals surface area contributed by atoms with E-state index in [9.17, 15) is 4.79 Å². The van der Waals surface area contributed by atoms with Gasteiger partial charge < -0.3 is 15.0 Å². The van der Waals surface area contributed by atoms with Crippen LogP contribution < -0.4 is 15.0 Å². The molecule has 0 bridgehead atoms. The minimum Gasteiger partial charge on any atom is -0.481 e. The summed E-state index contributed by atoms with van der Waals surface area (Å²) in [7, 11) is 2.07. The number of hydrogen-bond acceptors (Lipinski definition) is 3. The number of para-hydroxylation sites is 1. The molecule has 1 atom stereocenters. The molecule has 0 saturated carbocycles. The van der Waals surface area contributed by atoms with E-state index in [0.29, 0.717) is 6.54 Å².